The van der Waals surface area contributed by atoms with E-state index in [9.17, 15) is 61.8 Å². The fraction of sp³-hybridized carbons (Fsp3) is 0.571. The highest BCUT2D eigenvalue weighted by molar-refractivity contribution is 6.07. The summed E-state index contributed by atoms with van der Waals surface area (Å²) < 4.78 is 44.0. The minimum atomic E-state index is -3.11. The largest absolute Gasteiger partial charge is 0.494 e. The fourth-order valence-corrected chi connectivity index (χ4v) is 11.1. The van der Waals surface area contributed by atoms with Crippen LogP contribution < -0.4 is 26.0 Å². The van der Waals surface area contributed by atoms with E-state index in [2.05, 4.69) is 32.2 Å². The number of pyridine rings is 1. The Kier molecular flexibility index (Phi) is 28.7. The smallest absolute Gasteiger partial charge is 0.317 e. The van der Waals surface area contributed by atoms with E-state index in [1.807, 2.05) is 41.0 Å². The third kappa shape index (κ3) is 24.3. The van der Waals surface area contributed by atoms with Gasteiger partial charge in [0.2, 0.25) is 35.4 Å². The summed E-state index contributed by atoms with van der Waals surface area (Å²) in [5.74, 6) is -5.38. The summed E-state index contributed by atoms with van der Waals surface area (Å²) >= 11 is 0. The van der Waals surface area contributed by atoms with Gasteiger partial charge in [0.25, 0.3) is 24.8 Å². The lowest BCUT2D eigenvalue weighted by atomic mass is 9.91. The van der Waals surface area contributed by atoms with Crippen molar-refractivity contribution in [2.24, 2.45) is 5.92 Å². The van der Waals surface area contributed by atoms with Crippen LogP contribution in [0.5, 0.6) is 5.75 Å². The average molecular weight is 1260 g/mol. The number of terminal acetylenes is 1. The minimum absolute atomic E-state index is 0.0101. The number of unbranched alkanes of at least 4 members (excludes halogenated alkanes) is 1. The van der Waals surface area contributed by atoms with Crippen LogP contribution in [0.3, 0.4) is 0 Å². The number of rotatable bonds is 31. The van der Waals surface area contributed by atoms with E-state index in [4.69, 9.17) is 20.6 Å². The van der Waals surface area contributed by atoms with Crippen LogP contribution in [-0.4, -0.2) is 235 Å². The lowest BCUT2D eigenvalue weighted by Crippen LogP contribution is -2.53. The van der Waals surface area contributed by atoms with Crippen molar-refractivity contribution in [1.29, 1.82) is 0 Å². The van der Waals surface area contributed by atoms with Gasteiger partial charge >= 0.3 is 5.97 Å². The van der Waals surface area contributed by atoms with Gasteiger partial charge in [-0.2, -0.15) is 0 Å². The minimum Gasteiger partial charge on any atom is -0.494 e. The Labute approximate surface area is 523 Å². The van der Waals surface area contributed by atoms with Crippen LogP contribution in [0.25, 0.3) is 10.9 Å². The maximum atomic E-state index is 14.0. The molecule has 25 nitrogen and oxygen atoms in total. The third-order valence-corrected chi connectivity index (χ3v) is 16.2. The molecule has 490 valence electrons. The van der Waals surface area contributed by atoms with Crippen LogP contribution in [0.2, 0.25) is 0 Å². The third-order valence-electron chi connectivity index (χ3n) is 16.2. The maximum absolute atomic E-state index is 14.0. The summed E-state index contributed by atoms with van der Waals surface area (Å²) in [6, 6.07) is 11.9. The molecule has 0 spiro atoms. The Morgan fingerprint density at radius 2 is 1.42 bits per heavy atom. The number of carbonyl (C=O) groups excluding carboxylic acids is 9. The average Bonchev–Trinajstić information content (AvgIpc) is 2.15. The zero-order valence-corrected chi connectivity index (χ0v) is 51.4. The SMILES string of the molecule is C#C[C@H]1CC(F)(F)CN1C(=O)CNC(=O)c1ccnc2ccc(OCCCCC3CCN(C(=O)CC(=O)NC(=O)[C@H](CC[C@@H](C)NC(=O)CCCc4ccc(C)cc4)NC(=O)CN4CCN(COC=O)CCN(COC=O)CCN(CC(=O)O)CC4)CC3)cc12. The first-order valence-electron chi connectivity index (χ1n) is 30.6. The molecule has 2 aromatic carbocycles. The number of aryl methyl sites for hydroxylation is 2. The molecular formula is C63H85F2N11O14. The zero-order chi connectivity index (χ0) is 65.0. The van der Waals surface area contributed by atoms with Crippen molar-refractivity contribution in [3.05, 3.63) is 71.4 Å². The molecule has 7 amide bonds. The molecule has 0 radical (unpaired) electrons. The highest BCUT2D eigenvalue weighted by Gasteiger charge is 2.46. The molecule has 0 unspecified atom stereocenters. The standard InChI is InChI=1S/C63H85F2N11O14/c1-4-49-36-63(64,65)40-76(49)59(83)37-67-61(86)51-19-22-66-53-18-16-50(34-52(51)53)90-33-6-5-8-48-20-23-75(24-21-48)58(82)35-56(80)70-62(87)54(17-13-46(3)68-55(79)10-7-9-47-14-11-45(2)12-15-47)69-57(81)38-71-25-26-72(39-60(84)85)28-30-74(42-89-44-78)32-31-73(29-27-71)41-88-43-77/h1,11-12,14-16,18-19,22,34,43-44,46,48-49,54H,5-10,13,17,20-21,23-33,35-42H2,2-3H3,(H,67,86)(H,68,79)(H,69,81)(H,84,85)(H,70,80,87)/t46-,49+,54+/m1/s1. The summed E-state index contributed by atoms with van der Waals surface area (Å²) in [5.41, 5.74) is 2.97. The number of carboxylic acids is 1. The molecule has 4 heterocycles. The van der Waals surface area contributed by atoms with E-state index in [0.29, 0.717) is 113 Å². The normalized spacial score (nSPS) is 17.9. The van der Waals surface area contributed by atoms with Crippen LogP contribution in [0.15, 0.2) is 54.7 Å². The number of aliphatic carboxylic acids is 1. The molecule has 0 aliphatic carbocycles. The number of piperidine rings is 1. The van der Waals surface area contributed by atoms with Crippen molar-refractivity contribution in [3.8, 4) is 18.1 Å². The van der Waals surface area contributed by atoms with Gasteiger partial charge in [0.05, 0.1) is 49.9 Å². The number of nitrogens with one attached hydrogen (secondary N) is 4. The van der Waals surface area contributed by atoms with Gasteiger partial charge in [-0.25, -0.2) is 8.78 Å². The number of hydrogen-bond acceptors (Lipinski definition) is 18. The first kappa shape index (κ1) is 70.9. The van der Waals surface area contributed by atoms with Crippen LogP contribution in [0, 0.1) is 25.2 Å². The Hall–Kier alpha value is -8.19. The van der Waals surface area contributed by atoms with E-state index in [1.54, 1.807) is 39.8 Å². The number of aromatic nitrogens is 1. The Bertz CT molecular complexity index is 2960. The molecule has 3 aromatic rings. The number of fused-ring (bicyclic) bond motifs is 1. The van der Waals surface area contributed by atoms with E-state index in [1.165, 1.54) is 12.3 Å². The Morgan fingerprint density at radius 3 is 2.06 bits per heavy atom. The number of halogens is 2. The molecule has 3 aliphatic rings. The van der Waals surface area contributed by atoms with Gasteiger partial charge in [0, 0.05) is 95.9 Å². The highest BCUT2D eigenvalue weighted by Crippen LogP contribution is 2.32. The van der Waals surface area contributed by atoms with Gasteiger partial charge in [-0.15, -0.1) is 6.42 Å². The predicted molar refractivity (Wildman–Crippen MR) is 325 cm³/mol. The molecule has 3 aliphatic heterocycles. The van der Waals surface area contributed by atoms with Gasteiger partial charge in [-0.3, -0.25) is 77.8 Å². The summed E-state index contributed by atoms with van der Waals surface area (Å²) in [4.78, 5) is 142. The monoisotopic (exact) mass is 1260 g/mol. The number of nitrogens with zero attached hydrogens (tertiary/aromatic N) is 7. The first-order chi connectivity index (χ1) is 43.2. The number of benzene rings is 2. The van der Waals surface area contributed by atoms with Gasteiger partial charge in [-0.1, -0.05) is 42.2 Å². The second kappa shape index (κ2) is 36.5. The lowest BCUT2D eigenvalue weighted by Gasteiger charge is -2.33. The van der Waals surface area contributed by atoms with Crippen molar-refractivity contribution in [2.75, 3.05) is 112 Å². The fourth-order valence-electron chi connectivity index (χ4n) is 11.1. The Morgan fingerprint density at radius 1 is 0.778 bits per heavy atom. The number of carboxylic acid groups (broad SMARTS) is 1. The van der Waals surface area contributed by atoms with Crippen molar-refractivity contribution in [2.45, 2.75) is 115 Å². The van der Waals surface area contributed by atoms with Crippen molar-refractivity contribution >= 4 is 71.2 Å². The topological polar surface area (TPSA) is 299 Å². The molecular weight excluding hydrogens is 1170 g/mol. The van der Waals surface area contributed by atoms with E-state index in [0.717, 1.165) is 28.9 Å². The summed E-state index contributed by atoms with van der Waals surface area (Å²) in [6.07, 6.45) is 11.2. The van der Waals surface area contributed by atoms with E-state index < -0.39 is 91.4 Å². The summed E-state index contributed by atoms with van der Waals surface area (Å²) in [6.45, 7) is 5.94. The molecule has 90 heavy (non-hydrogen) atoms. The van der Waals surface area contributed by atoms with Gasteiger partial charge < -0.3 is 45.1 Å². The number of imide groups is 1. The van der Waals surface area contributed by atoms with Gasteiger partial charge in [0.15, 0.2) is 0 Å². The van der Waals surface area contributed by atoms with Crippen molar-refractivity contribution in [3.63, 3.8) is 0 Å². The second-order valence-electron chi connectivity index (χ2n) is 23.2. The molecule has 5 N–H and O–H groups in total. The quantitative estimate of drug-likeness (QED) is 0.0267. The van der Waals surface area contributed by atoms with Crippen LogP contribution in [0.4, 0.5) is 8.78 Å². The van der Waals surface area contributed by atoms with Crippen molar-refractivity contribution in [1.82, 2.24) is 55.7 Å². The Balaban J connectivity index is 0.981. The van der Waals surface area contributed by atoms with E-state index >= 15 is 0 Å². The molecule has 0 bridgehead atoms. The molecule has 3 atom stereocenters. The van der Waals surface area contributed by atoms with Gasteiger partial charge in [-0.05, 0) is 101 Å². The van der Waals surface area contributed by atoms with E-state index in [-0.39, 0.29) is 83.5 Å². The number of amides is 7. The summed E-state index contributed by atoms with van der Waals surface area (Å²) in [5, 5.41) is 20.8. The molecule has 6 rings (SSSR count). The molecule has 0 saturated carbocycles. The lowest BCUT2D eigenvalue weighted by molar-refractivity contribution is -0.140. The maximum Gasteiger partial charge on any atom is 0.317 e. The number of carbonyl (C=O) groups is 10. The van der Waals surface area contributed by atoms with Crippen LogP contribution in [-0.2, 0) is 59.0 Å². The molecule has 3 saturated heterocycles. The van der Waals surface area contributed by atoms with Crippen LogP contribution in [0.1, 0.15) is 99.0 Å². The molecule has 3 fully saturated rings. The van der Waals surface area contributed by atoms with Gasteiger partial charge in [0.1, 0.15) is 31.7 Å². The second-order valence-corrected chi connectivity index (χ2v) is 23.2. The summed E-state index contributed by atoms with van der Waals surface area (Å²) in [7, 11) is 0. The number of hydrogen-bond donors (Lipinski definition) is 5. The molecule has 27 heteroatoms. The first-order valence-corrected chi connectivity index (χ1v) is 30.6. The van der Waals surface area contributed by atoms with Crippen molar-refractivity contribution < 1.29 is 76.0 Å². The predicted octanol–water partition coefficient (Wildman–Crippen LogP) is 2.32. The number of likely N-dealkylation sites (tertiary alicyclic amines) is 2. The number of ether oxygens (including phenoxy) is 3. The zero-order valence-electron chi connectivity index (χ0n) is 51.4. The molecule has 1 aromatic heterocycles. The van der Waals surface area contributed by atoms with Crippen LogP contribution >= 0.6 is 0 Å². The highest BCUT2D eigenvalue weighted by atomic mass is 19.3. The number of alkyl halides is 2.